The van der Waals surface area contributed by atoms with Gasteiger partial charge in [0.05, 0.1) is 0 Å². The molecular formula is C16H16Cl2N2O2. The number of aliphatic hydroxyl groups is 1. The van der Waals surface area contributed by atoms with E-state index in [0.717, 1.165) is 5.56 Å². The molecule has 2 N–H and O–H groups in total. The smallest absolute Gasteiger partial charge is 0.253 e. The number of aliphatic hydroxyl groups excluding tert-OH is 1. The maximum atomic E-state index is 12.0. The summed E-state index contributed by atoms with van der Waals surface area (Å²) in [6.07, 6.45) is 2.10. The summed E-state index contributed by atoms with van der Waals surface area (Å²) in [5.41, 5.74) is 1.43. The first-order valence-corrected chi connectivity index (χ1v) is 7.54. The van der Waals surface area contributed by atoms with Gasteiger partial charge in [-0.15, -0.1) is 0 Å². The van der Waals surface area contributed by atoms with Crippen LogP contribution >= 0.6 is 23.2 Å². The van der Waals surface area contributed by atoms with Crippen molar-refractivity contribution in [2.45, 2.75) is 18.9 Å². The van der Waals surface area contributed by atoms with Gasteiger partial charge in [-0.05, 0) is 47.4 Å². The zero-order valence-electron chi connectivity index (χ0n) is 12.0. The molecule has 116 valence electrons. The highest BCUT2D eigenvalue weighted by molar-refractivity contribution is 6.34. The average Bonchev–Trinajstić information content (AvgIpc) is 2.51. The van der Waals surface area contributed by atoms with Gasteiger partial charge < -0.3 is 10.4 Å². The van der Waals surface area contributed by atoms with Gasteiger partial charge in [0.15, 0.2) is 6.10 Å². The Hall–Kier alpha value is -1.62. The number of aromatic nitrogens is 1. The molecule has 2 atom stereocenters. The van der Waals surface area contributed by atoms with Crippen LogP contribution in [-0.4, -0.2) is 22.5 Å². The van der Waals surface area contributed by atoms with E-state index in [1.807, 2.05) is 19.1 Å². The summed E-state index contributed by atoms with van der Waals surface area (Å²) in [5, 5.41) is 13.6. The summed E-state index contributed by atoms with van der Waals surface area (Å²) in [6, 6.07) is 8.37. The fourth-order valence-corrected chi connectivity index (χ4v) is 2.59. The summed E-state index contributed by atoms with van der Waals surface area (Å²) in [5.74, 6) is -0.374. The van der Waals surface area contributed by atoms with Gasteiger partial charge in [-0.3, -0.25) is 9.78 Å². The van der Waals surface area contributed by atoms with Crippen molar-refractivity contribution in [3.8, 4) is 0 Å². The lowest BCUT2D eigenvalue weighted by Crippen LogP contribution is -2.32. The standard InChI is InChI=1S/C16H16Cl2N2O2/c1-10(11-2-4-19-5-3-11)9-20-16(22)15(21)12-6-13(17)8-14(18)7-12/h2-8,10,15,21H,9H2,1H3,(H,20,22)/t10-,15+/m1/s1. The van der Waals surface area contributed by atoms with Crippen LogP contribution in [0.3, 0.4) is 0 Å². The fourth-order valence-electron chi connectivity index (χ4n) is 2.04. The van der Waals surface area contributed by atoms with Crippen LogP contribution in [0.1, 0.15) is 30.1 Å². The second-order valence-electron chi connectivity index (χ2n) is 5.03. The number of carbonyl (C=O) groups is 1. The summed E-state index contributed by atoms with van der Waals surface area (Å²) in [6.45, 7) is 2.40. The Morgan fingerprint density at radius 1 is 1.18 bits per heavy atom. The normalized spacial score (nSPS) is 13.5. The van der Waals surface area contributed by atoms with Gasteiger partial charge >= 0.3 is 0 Å². The molecule has 22 heavy (non-hydrogen) atoms. The molecule has 0 saturated carbocycles. The molecule has 0 bridgehead atoms. The van der Waals surface area contributed by atoms with Crippen LogP contribution in [0.25, 0.3) is 0 Å². The van der Waals surface area contributed by atoms with Crippen LogP contribution in [-0.2, 0) is 4.79 Å². The van der Waals surface area contributed by atoms with Crippen LogP contribution in [0.5, 0.6) is 0 Å². The van der Waals surface area contributed by atoms with E-state index in [1.54, 1.807) is 18.5 Å². The Labute approximate surface area is 139 Å². The van der Waals surface area contributed by atoms with Crippen molar-refractivity contribution in [2.75, 3.05) is 6.54 Å². The molecule has 1 aromatic heterocycles. The van der Waals surface area contributed by atoms with E-state index in [0.29, 0.717) is 22.2 Å². The largest absolute Gasteiger partial charge is 0.378 e. The number of nitrogens with one attached hydrogen (secondary N) is 1. The molecule has 0 radical (unpaired) electrons. The van der Waals surface area contributed by atoms with Crippen molar-refractivity contribution in [3.63, 3.8) is 0 Å². The van der Waals surface area contributed by atoms with E-state index < -0.39 is 12.0 Å². The quantitative estimate of drug-likeness (QED) is 0.878. The molecule has 2 rings (SSSR count). The SMILES string of the molecule is C[C@H](CNC(=O)[C@@H](O)c1cc(Cl)cc(Cl)c1)c1ccncc1. The number of hydrogen-bond acceptors (Lipinski definition) is 3. The van der Waals surface area contributed by atoms with Crippen LogP contribution < -0.4 is 5.32 Å². The highest BCUT2D eigenvalue weighted by Gasteiger charge is 2.19. The number of benzene rings is 1. The molecule has 1 aromatic carbocycles. The van der Waals surface area contributed by atoms with Gasteiger partial charge in [-0.1, -0.05) is 30.1 Å². The summed E-state index contributed by atoms with van der Waals surface area (Å²) >= 11 is 11.7. The lowest BCUT2D eigenvalue weighted by atomic mass is 10.0. The first-order chi connectivity index (χ1) is 10.5. The summed E-state index contributed by atoms with van der Waals surface area (Å²) in [4.78, 5) is 16.0. The number of halogens is 2. The van der Waals surface area contributed by atoms with Gasteiger partial charge in [0.1, 0.15) is 0 Å². The minimum absolute atomic E-state index is 0.113. The minimum Gasteiger partial charge on any atom is -0.378 e. The molecule has 0 fully saturated rings. The first-order valence-electron chi connectivity index (χ1n) is 6.79. The van der Waals surface area contributed by atoms with Gasteiger partial charge in [0.2, 0.25) is 0 Å². The summed E-state index contributed by atoms with van der Waals surface area (Å²) < 4.78 is 0. The zero-order chi connectivity index (χ0) is 16.1. The lowest BCUT2D eigenvalue weighted by molar-refractivity contribution is -0.129. The van der Waals surface area contributed by atoms with Crippen molar-refractivity contribution in [2.24, 2.45) is 0 Å². The van der Waals surface area contributed by atoms with E-state index in [-0.39, 0.29) is 5.92 Å². The van der Waals surface area contributed by atoms with Gasteiger partial charge in [-0.25, -0.2) is 0 Å². The van der Waals surface area contributed by atoms with E-state index in [1.165, 1.54) is 12.1 Å². The van der Waals surface area contributed by atoms with E-state index >= 15 is 0 Å². The molecule has 1 heterocycles. The third kappa shape index (κ3) is 4.44. The average molecular weight is 339 g/mol. The zero-order valence-corrected chi connectivity index (χ0v) is 13.5. The number of pyridine rings is 1. The Morgan fingerprint density at radius 3 is 2.36 bits per heavy atom. The predicted molar refractivity (Wildman–Crippen MR) is 87.1 cm³/mol. The first kappa shape index (κ1) is 16.7. The predicted octanol–water partition coefficient (Wildman–Crippen LogP) is 3.34. The Bertz CT molecular complexity index is 630. The highest BCUT2D eigenvalue weighted by Crippen LogP contribution is 2.24. The van der Waals surface area contributed by atoms with E-state index in [4.69, 9.17) is 23.2 Å². The van der Waals surface area contributed by atoms with Crippen LogP contribution in [0.2, 0.25) is 10.0 Å². The molecule has 0 aliphatic rings. The number of amides is 1. The Kier molecular flexibility index (Phi) is 5.77. The lowest BCUT2D eigenvalue weighted by Gasteiger charge is -2.16. The van der Waals surface area contributed by atoms with Crippen molar-refractivity contribution < 1.29 is 9.90 Å². The van der Waals surface area contributed by atoms with E-state index in [2.05, 4.69) is 10.3 Å². The van der Waals surface area contributed by atoms with Crippen LogP contribution in [0, 0.1) is 0 Å². The van der Waals surface area contributed by atoms with Crippen LogP contribution in [0.4, 0.5) is 0 Å². The van der Waals surface area contributed by atoms with Crippen molar-refractivity contribution in [1.29, 1.82) is 0 Å². The number of carbonyl (C=O) groups excluding carboxylic acids is 1. The molecule has 0 saturated heterocycles. The van der Waals surface area contributed by atoms with Crippen molar-refractivity contribution in [1.82, 2.24) is 10.3 Å². The van der Waals surface area contributed by atoms with Gasteiger partial charge in [0, 0.05) is 29.0 Å². The third-order valence-electron chi connectivity index (χ3n) is 3.31. The van der Waals surface area contributed by atoms with Gasteiger partial charge in [0.25, 0.3) is 5.91 Å². The molecule has 2 aromatic rings. The number of nitrogens with zero attached hydrogens (tertiary/aromatic N) is 1. The monoisotopic (exact) mass is 338 g/mol. The molecule has 0 aliphatic heterocycles. The van der Waals surface area contributed by atoms with Crippen molar-refractivity contribution >= 4 is 29.1 Å². The summed E-state index contributed by atoms with van der Waals surface area (Å²) in [7, 11) is 0. The second kappa shape index (κ2) is 7.58. The Morgan fingerprint density at radius 2 is 1.77 bits per heavy atom. The minimum atomic E-state index is -1.30. The van der Waals surface area contributed by atoms with E-state index in [9.17, 15) is 9.90 Å². The number of hydrogen-bond donors (Lipinski definition) is 2. The van der Waals surface area contributed by atoms with Gasteiger partial charge in [-0.2, -0.15) is 0 Å². The maximum absolute atomic E-state index is 12.0. The molecule has 0 spiro atoms. The molecule has 6 heteroatoms. The molecule has 0 aliphatic carbocycles. The van der Waals surface area contributed by atoms with Crippen molar-refractivity contribution in [3.05, 3.63) is 63.9 Å². The molecule has 0 unspecified atom stereocenters. The fraction of sp³-hybridized carbons (Fsp3) is 0.250. The topological polar surface area (TPSA) is 62.2 Å². The Balaban J connectivity index is 1.97. The maximum Gasteiger partial charge on any atom is 0.253 e. The van der Waals surface area contributed by atoms with Crippen LogP contribution in [0.15, 0.2) is 42.7 Å². The number of rotatable bonds is 5. The highest BCUT2D eigenvalue weighted by atomic mass is 35.5. The third-order valence-corrected chi connectivity index (χ3v) is 3.74. The molecular weight excluding hydrogens is 323 g/mol. The molecule has 4 nitrogen and oxygen atoms in total. The second-order valence-corrected chi connectivity index (χ2v) is 5.90. The molecule has 1 amide bonds.